The van der Waals surface area contributed by atoms with E-state index in [1.807, 2.05) is 18.2 Å². The zero-order chi connectivity index (χ0) is 19.9. The lowest BCUT2D eigenvalue weighted by Crippen LogP contribution is -2.05. The highest BCUT2D eigenvalue weighted by Crippen LogP contribution is 2.29. The van der Waals surface area contributed by atoms with Crippen LogP contribution in [0, 0.1) is 13.8 Å². The van der Waals surface area contributed by atoms with Crippen molar-refractivity contribution in [3.05, 3.63) is 105 Å². The maximum atomic E-state index is 9.19. The number of aliphatic hydroxyl groups is 1. The molecule has 1 nitrogen and oxygen atoms in total. The van der Waals surface area contributed by atoms with Crippen molar-refractivity contribution < 1.29 is 5.11 Å². The number of aryl methyl sites for hydroxylation is 3. The van der Waals surface area contributed by atoms with E-state index in [1.165, 1.54) is 27.8 Å². The van der Waals surface area contributed by atoms with Crippen LogP contribution < -0.4 is 0 Å². The third-order valence-corrected chi connectivity index (χ3v) is 5.83. The van der Waals surface area contributed by atoms with Crippen molar-refractivity contribution in [2.45, 2.75) is 52.1 Å². The first-order chi connectivity index (χ1) is 13.5. The Balaban J connectivity index is 1.71. The molecule has 1 atom stereocenters. The number of aliphatic hydroxyl groups excluding tert-OH is 1. The van der Waals surface area contributed by atoms with Crippen LogP contribution in [0.5, 0.6) is 0 Å². The highest BCUT2D eigenvalue weighted by atomic mass is 35.5. The second-order valence-electron chi connectivity index (χ2n) is 7.74. The zero-order valence-electron chi connectivity index (χ0n) is 16.8. The van der Waals surface area contributed by atoms with Gasteiger partial charge >= 0.3 is 0 Å². The molecule has 0 aliphatic heterocycles. The van der Waals surface area contributed by atoms with Gasteiger partial charge in [0.05, 0.1) is 6.61 Å². The molecule has 0 saturated carbocycles. The van der Waals surface area contributed by atoms with Crippen LogP contribution in [-0.4, -0.2) is 5.11 Å². The van der Waals surface area contributed by atoms with Gasteiger partial charge in [0, 0.05) is 5.02 Å². The van der Waals surface area contributed by atoms with Gasteiger partial charge in [0.2, 0.25) is 0 Å². The fourth-order valence-electron chi connectivity index (χ4n) is 3.73. The Kier molecular flexibility index (Phi) is 7.30. The van der Waals surface area contributed by atoms with Gasteiger partial charge in [0.1, 0.15) is 0 Å². The molecule has 3 rings (SSSR count). The molecule has 0 spiro atoms. The van der Waals surface area contributed by atoms with Crippen LogP contribution in [0.4, 0.5) is 0 Å². The molecule has 2 heteroatoms. The standard InChI is InChI=1S/C26H29ClO/c1-19-9-10-23(15-20(19)2)16-24(25-7-4-8-26(27)17-25)6-3-5-21-11-13-22(18-28)14-12-21/h4,7-15,17,24,28H,3,5-6,16,18H2,1-2H3/t24-/m0/s1. The van der Waals surface area contributed by atoms with Gasteiger partial charge in [-0.05, 0) is 91.0 Å². The Morgan fingerprint density at radius 3 is 2.21 bits per heavy atom. The van der Waals surface area contributed by atoms with Crippen molar-refractivity contribution in [3.8, 4) is 0 Å². The molecule has 0 radical (unpaired) electrons. The fraction of sp³-hybridized carbons (Fsp3) is 0.308. The predicted octanol–water partition coefficient (Wildman–Crippen LogP) is 6.80. The summed E-state index contributed by atoms with van der Waals surface area (Å²) in [6.07, 6.45) is 4.33. The third kappa shape index (κ3) is 5.70. The van der Waals surface area contributed by atoms with E-state index < -0.39 is 0 Å². The second kappa shape index (κ2) is 9.91. The molecule has 0 bridgehead atoms. The average molecular weight is 393 g/mol. The highest BCUT2D eigenvalue weighted by molar-refractivity contribution is 6.30. The SMILES string of the molecule is Cc1ccc(C[C@H](CCCc2ccc(CO)cc2)c2cccc(Cl)c2)cc1C. The number of hydrogen-bond acceptors (Lipinski definition) is 1. The molecule has 28 heavy (non-hydrogen) atoms. The maximum Gasteiger partial charge on any atom is 0.0681 e. The summed E-state index contributed by atoms with van der Waals surface area (Å²) in [6, 6.07) is 23.4. The van der Waals surface area contributed by atoms with Crippen LogP contribution in [0.2, 0.25) is 5.02 Å². The van der Waals surface area contributed by atoms with Gasteiger partial charge in [-0.2, -0.15) is 0 Å². The molecule has 1 N–H and O–H groups in total. The van der Waals surface area contributed by atoms with E-state index in [1.54, 1.807) is 0 Å². The van der Waals surface area contributed by atoms with Gasteiger partial charge in [-0.15, -0.1) is 0 Å². The summed E-state index contributed by atoms with van der Waals surface area (Å²) in [6.45, 7) is 4.45. The fourth-order valence-corrected chi connectivity index (χ4v) is 3.92. The summed E-state index contributed by atoms with van der Waals surface area (Å²) in [5.74, 6) is 0.456. The van der Waals surface area contributed by atoms with Gasteiger partial charge in [-0.3, -0.25) is 0 Å². The number of halogens is 1. The molecule has 0 fully saturated rings. The first-order valence-corrected chi connectivity index (χ1v) is 10.4. The molecule has 0 amide bonds. The van der Waals surface area contributed by atoms with Crippen molar-refractivity contribution in [2.75, 3.05) is 0 Å². The Morgan fingerprint density at radius 1 is 0.821 bits per heavy atom. The van der Waals surface area contributed by atoms with E-state index in [0.717, 1.165) is 36.3 Å². The summed E-state index contributed by atoms with van der Waals surface area (Å²) < 4.78 is 0. The van der Waals surface area contributed by atoms with E-state index in [9.17, 15) is 5.11 Å². The average Bonchev–Trinajstić information content (AvgIpc) is 2.70. The molecule has 0 aliphatic carbocycles. The summed E-state index contributed by atoms with van der Waals surface area (Å²) in [7, 11) is 0. The summed E-state index contributed by atoms with van der Waals surface area (Å²) in [5, 5.41) is 10.00. The Labute approximate surface area is 174 Å². The van der Waals surface area contributed by atoms with Gasteiger partial charge in [0.15, 0.2) is 0 Å². The van der Waals surface area contributed by atoms with E-state index in [0.29, 0.717) is 5.92 Å². The number of rotatable bonds is 8. The van der Waals surface area contributed by atoms with E-state index in [2.05, 4.69) is 62.4 Å². The topological polar surface area (TPSA) is 20.2 Å². The lowest BCUT2D eigenvalue weighted by Gasteiger charge is -2.19. The smallest absolute Gasteiger partial charge is 0.0681 e. The number of benzene rings is 3. The van der Waals surface area contributed by atoms with Gasteiger partial charge in [-0.1, -0.05) is 66.2 Å². The summed E-state index contributed by atoms with van der Waals surface area (Å²) in [5.41, 5.74) is 7.70. The first-order valence-electron chi connectivity index (χ1n) is 10.1. The number of hydrogen-bond donors (Lipinski definition) is 1. The van der Waals surface area contributed by atoms with Crippen molar-refractivity contribution >= 4 is 11.6 Å². The quantitative estimate of drug-likeness (QED) is 0.447. The monoisotopic (exact) mass is 392 g/mol. The van der Waals surface area contributed by atoms with Crippen molar-refractivity contribution in [1.82, 2.24) is 0 Å². The molecule has 0 unspecified atom stereocenters. The zero-order valence-corrected chi connectivity index (χ0v) is 17.5. The molecule has 0 aliphatic rings. The van der Waals surface area contributed by atoms with Crippen LogP contribution in [0.15, 0.2) is 66.7 Å². The minimum Gasteiger partial charge on any atom is -0.392 e. The predicted molar refractivity (Wildman–Crippen MR) is 119 cm³/mol. The largest absolute Gasteiger partial charge is 0.392 e. The minimum atomic E-state index is 0.104. The van der Waals surface area contributed by atoms with Crippen LogP contribution >= 0.6 is 11.6 Å². The van der Waals surface area contributed by atoms with Crippen molar-refractivity contribution in [2.24, 2.45) is 0 Å². The minimum absolute atomic E-state index is 0.104. The molecule has 3 aromatic carbocycles. The summed E-state index contributed by atoms with van der Waals surface area (Å²) >= 11 is 6.28. The van der Waals surface area contributed by atoms with E-state index in [-0.39, 0.29) is 6.61 Å². The molecule has 0 heterocycles. The van der Waals surface area contributed by atoms with E-state index >= 15 is 0 Å². The van der Waals surface area contributed by atoms with Crippen LogP contribution in [0.25, 0.3) is 0 Å². The molecule has 0 aromatic heterocycles. The van der Waals surface area contributed by atoms with Gasteiger partial charge in [0.25, 0.3) is 0 Å². The lowest BCUT2D eigenvalue weighted by atomic mass is 9.86. The van der Waals surface area contributed by atoms with Crippen molar-refractivity contribution in [3.63, 3.8) is 0 Å². The van der Waals surface area contributed by atoms with Crippen LogP contribution in [0.3, 0.4) is 0 Å². The van der Waals surface area contributed by atoms with Crippen molar-refractivity contribution in [1.29, 1.82) is 0 Å². The highest BCUT2D eigenvalue weighted by Gasteiger charge is 2.14. The molecular weight excluding hydrogens is 364 g/mol. The third-order valence-electron chi connectivity index (χ3n) is 5.60. The maximum absolute atomic E-state index is 9.19. The summed E-state index contributed by atoms with van der Waals surface area (Å²) in [4.78, 5) is 0. The Morgan fingerprint density at radius 2 is 1.54 bits per heavy atom. The lowest BCUT2D eigenvalue weighted by molar-refractivity contribution is 0.282. The van der Waals surface area contributed by atoms with E-state index in [4.69, 9.17) is 11.6 Å². The Bertz CT molecular complexity index is 899. The molecular formula is C26H29ClO. The molecule has 146 valence electrons. The first kappa shape index (κ1) is 20.6. The molecule has 3 aromatic rings. The normalized spacial score (nSPS) is 12.1. The van der Waals surface area contributed by atoms with Gasteiger partial charge < -0.3 is 5.11 Å². The molecule has 0 saturated heterocycles. The van der Waals surface area contributed by atoms with Crippen LogP contribution in [-0.2, 0) is 19.4 Å². The Hall–Kier alpha value is -2.09. The van der Waals surface area contributed by atoms with Gasteiger partial charge in [-0.25, -0.2) is 0 Å². The second-order valence-corrected chi connectivity index (χ2v) is 8.18. The van der Waals surface area contributed by atoms with Crippen LogP contribution in [0.1, 0.15) is 52.1 Å².